The Balaban J connectivity index is 0.000000350. The van der Waals surface area contributed by atoms with E-state index in [-0.39, 0.29) is 11.7 Å². The van der Waals surface area contributed by atoms with Crippen molar-refractivity contribution in [1.29, 1.82) is 0 Å². The van der Waals surface area contributed by atoms with E-state index in [0.29, 0.717) is 23.9 Å². The molecule has 1 heterocycles. The summed E-state index contributed by atoms with van der Waals surface area (Å²) in [6.45, 7) is 15.6. The summed E-state index contributed by atoms with van der Waals surface area (Å²) in [7, 11) is 3.19. The summed E-state index contributed by atoms with van der Waals surface area (Å²) in [6, 6.07) is 9.93. The first-order chi connectivity index (χ1) is 16.1. The molecule has 1 aliphatic rings. The van der Waals surface area contributed by atoms with Gasteiger partial charge in [-0.1, -0.05) is 56.3 Å². The van der Waals surface area contributed by atoms with Crippen molar-refractivity contribution in [1.82, 2.24) is 4.90 Å². The summed E-state index contributed by atoms with van der Waals surface area (Å²) in [4.78, 5) is 13.5. The predicted molar refractivity (Wildman–Crippen MR) is 137 cm³/mol. The zero-order chi connectivity index (χ0) is 25.6. The van der Waals surface area contributed by atoms with Crippen LogP contribution in [0, 0.1) is 5.92 Å². The number of carbonyl (C=O) groups excluding carboxylic acids is 1. The van der Waals surface area contributed by atoms with Gasteiger partial charge in [0.15, 0.2) is 11.5 Å². The van der Waals surface area contributed by atoms with E-state index < -0.39 is 0 Å². The smallest absolute Gasteiger partial charge is 0.410 e. The van der Waals surface area contributed by atoms with E-state index in [2.05, 4.69) is 13.5 Å². The second-order valence-corrected chi connectivity index (χ2v) is 9.15. The van der Waals surface area contributed by atoms with Gasteiger partial charge in [-0.3, -0.25) is 0 Å². The molecule has 0 spiro atoms. The topological polar surface area (TPSA) is 57.2 Å². The number of methoxy groups -OCH3 is 2. The molecule has 0 atom stereocenters. The fraction of sp³-hybridized carbons (Fsp3) is 0.536. The third-order valence-corrected chi connectivity index (χ3v) is 5.41. The van der Waals surface area contributed by atoms with Gasteiger partial charge in [-0.05, 0) is 58.1 Å². The van der Waals surface area contributed by atoms with Gasteiger partial charge in [0.25, 0.3) is 0 Å². The van der Waals surface area contributed by atoms with Crippen molar-refractivity contribution in [2.24, 2.45) is 5.92 Å². The summed E-state index contributed by atoms with van der Waals surface area (Å²) >= 11 is 0. The van der Waals surface area contributed by atoms with Crippen molar-refractivity contribution in [3.05, 3.63) is 71.9 Å². The molecule has 6 heteroatoms. The molecule has 190 valence electrons. The number of benzene rings is 1. The highest BCUT2D eigenvalue weighted by Crippen LogP contribution is 2.22. The van der Waals surface area contributed by atoms with Crippen LogP contribution in [0.25, 0.3) is 0 Å². The number of carbonyl (C=O) groups is 1. The maximum atomic E-state index is 11.7. The SMILES string of the molecule is C=C/C=C(OC)\C(OCc1ccccc1)=C(/C)OC.CCC1CCN(C(=O)OC(C)(C)C)CC1. The summed E-state index contributed by atoms with van der Waals surface area (Å²) in [5.74, 6) is 2.62. The fourth-order valence-electron chi connectivity index (χ4n) is 3.36. The number of hydrogen-bond donors (Lipinski definition) is 0. The maximum absolute atomic E-state index is 11.7. The van der Waals surface area contributed by atoms with Gasteiger partial charge in [-0.2, -0.15) is 0 Å². The average molecular weight is 474 g/mol. The number of ether oxygens (including phenoxy) is 4. The lowest BCUT2D eigenvalue weighted by atomic mass is 9.95. The van der Waals surface area contributed by atoms with E-state index in [0.717, 1.165) is 37.4 Å². The first-order valence-electron chi connectivity index (χ1n) is 11.9. The lowest BCUT2D eigenvalue weighted by Gasteiger charge is -2.33. The van der Waals surface area contributed by atoms with Gasteiger partial charge >= 0.3 is 6.09 Å². The van der Waals surface area contributed by atoms with Gasteiger partial charge in [-0.15, -0.1) is 0 Å². The summed E-state index contributed by atoms with van der Waals surface area (Å²) in [6.07, 6.45) is 6.70. The first-order valence-corrected chi connectivity index (χ1v) is 11.9. The monoisotopic (exact) mass is 473 g/mol. The number of likely N-dealkylation sites (tertiary alicyclic amines) is 1. The Kier molecular flexibility index (Phi) is 12.9. The molecule has 1 amide bonds. The standard InChI is InChI=1S/C16H20O3.C12H23NO2/c1-5-9-15(18-4)16(13(2)17-3)19-12-14-10-7-6-8-11-14;1-5-10-6-8-13(9-7-10)11(14)15-12(2,3)4/h5-11H,1,12H2,2-4H3;10H,5-9H2,1-4H3/b15-9+,16-13-;. The molecule has 1 aliphatic heterocycles. The van der Waals surface area contributed by atoms with Gasteiger partial charge in [0.2, 0.25) is 0 Å². The van der Waals surface area contributed by atoms with Crippen LogP contribution in [-0.4, -0.2) is 43.9 Å². The lowest BCUT2D eigenvalue weighted by Crippen LogP contribution is -2.41. The van der Waals surface area contributed by atoms with Crippen LogP contribution in [-0.2, 0) is 25.6 Å². The van der Waals surface area contributed by atoms with Gasteiger partial charge in [-0.25, -0.2) is 4.79 Å². The third-order valence-electron chi connectivity index (χ3n) is 5.41. The van der Waals surface area contributed by atoms with Gasteiger partial charge < -0.3 is 23.8 Å². The quantitative estimate of drug-likeness (QED) is 0.305. The lowest BCUT2D eigenvalue weighted by molar-refractivity contribution is 0.0183. The Labute approximate surface area is 206 Å². The molecule has 1 saturated heterocycles. The molecule has 0 radical (unpaired) electrons. The highest BCUT2D eigenvalue weighted by Gasteiger charge is 2.25. The van der Waals surface area contributed by atoms with Crippen molar-refractivity contribution in [2.75, 3.05) is 27.3 Å². The Morgan fingerprint density at radius 3 is 2.21 bits per heavy atom. The summed E-state index contributed by atoms with van der Waals surface area (Å²) in [5.41, 5.74) is 0.705. The molecule has 34 heavy (non-hydrogen) atoms. The van der Waals surface area contributed by atoms with E-state index in [9.17, 15) is 4.79 Å². The van der Waals surface area contributed by atoms with Gasteiger partial charge in [0.05, 0.1) is 14.2 Å². The molecule has 0 saturated carbocycles. The minimum Gasteiger partial charge on any atom is -0.497 e. The molecule has 1 fully saturated rings. The van der Waals surface area contributed by atoms with Crippen LogP contribution in [0.3, 0.4) is 0 Å². The maximum Gasteiger partial charge on any atom is 0.410 e. The van der Waals surface area contributed by atoms with E-state index in [1.807, 2.05) is 62.9 Å². The normalized spacial score (nSPS) is 15.4. The van der Waals surface area contributed by atoms with Crippen LogP contribution in [0.5, 0.6) is 0 Å². The Bertz CT molecular complexity index is 800. The van der Waals surface area contributed by atoms with E-state index in [1.165, 1.54) is 6.42 Å². The third kappa shape index (κ3) is 10.8. The number of piperidine rings is 1. The highest BCUT2D eigenvalue weighted by molar-refractivity contribution is 5.68. The number of nitrogens with zero attached hydrogens (tertiary/aromatic N) is 1. The second kappa shape index (κ2) is 15.1. The number of rotatable bonds is 8. The first kappa shape index (κ1) is 29.1. The zero-order valence-electron chi connectivity index (χ0n) is 22.1. The van der Waals surface area contributed by atoms with Crippen molar-refractivity contribution < 1.29 is 23.7 Å². The average Bonchev–Trinajstić information content (AvgIpc) is 2.83. The van der Waals surface area contributed by atoms with Crippen molar-refractivity contribution in [3.63, 3.8) is 0 Å². The highest BCUT2D eigenvalue weighted by atomic mass is 16.6. The molecule has 2 rings (SSSR count). The minimum atomic E-state index is -0.376. The fourth-order valence-corrected chi connectivity index (χ4v) is 3.36. The van der Waals surface area contributed by atoms with Crippen LogP contribution in [0.4, 0.5) is 4.79 Å². The van der Waals surface area contributed by atoms with Crippen molar-refractivity contribution >= 4 is 6.09 Å². The summed E-state index contributed by atoms with van der Waals surface area (Å²) in [5, 5.41) is 0. The van der Waals surface area contributed by atoms with Crippen molar-refractivity contribution in [2.45, 2.75) is 66.1 Å². The Hall–Kier alpha value is -2.89. The molecular weight excluding hydrogens is 430 g/mol. The number of allylic oxidation sites excluding steroid dienone is 3. The molecule has 6 nitrogen and oxygen atoms in total. The number of hydrogen-bond acceptors (Lipinski definition) is 5. The van der Waals surface area contributed by atoms with Gasteiger partial charge in [0.1, 0.15) is 18.0 Å². The molecule has 0 N–H and O–H groups in total. The van der Waals surface area contributed by atoms with Crippen LogP contribution < -0.4 is 0 Å². The Morgan fingerprint density at radius 1 is 1.12 bits per heavy atom. The van der Waals surface area contributed by atoms with Crippen LogP contribution in [0.2, 0.25) is 0 Å². The van der Waals surface area contributed by atoms with E-state index in [1.54, 1.807) is 26.4 Å². The van der Waals surface area contributed by atoms with Crippen LogP contribution >= 0.6 is 0 Å². The largest absolute Gasteiger partial charge is 0.497 e. The molecular formula is C28H43NO5. The Morgan fingerprint density at radius 2 is 1.74 bits per heavy atom. The summed E-state index contributed by atoms with van der Waals surface area (Å²) < 4.78 is 21.7. The van der Waals surface area contributed by atoms with Crippen LogP contribution in [0.1, 0.15) is 59.4 Å². The molecule has 1 aromatic rings. The second-order valence-electron chi connectivity index (χ2n) is 9.15. The number of amides is 1. The molecule has 0 aromatic heterocycles. The van der Waals surface area contributed by atoms with E-state index in [4.69, 9.17) is 18.9 Å². The molecule has 0 unspecified atom stereocenters. The zero-order valence-corrected chi connectivity index (χ0v) is 22.1. The predicted octanol–water partition coefficient (Wildman–Crippen LogP) is 6.84. The molecule has 0 aliphatic carbocycles. The van der Waals surface area contributed by atoms with Crippen LogP contribution in [0.15, 0.2) is 66.3 Å². The molecule has 0 bridgehead atoms. The van der Waals surface area contributed by atoms with Gasteiger partial charge in [0, 0.05) is 13.1 Å². The van der Waals surface area contributed by atoms with E-state index >= 15 is 0 Å². The van der Waals surface area contributed by atoms with Crippen molar-refractivity contribution in [3.8, 4) is 0 Å². The minimum absolute atomic E-state index is 0.156. The molecule has 1 aromatic carbocycles.